The smallest absolute Gasteiger partial charge is 0.224 e. The summed E-state index contributed by atoms with van der Waals surface area (Å²) in [4.78, 5) is 41.3. The highest BCUT2D eigenvalue weighted by molar-refractivity contribution is 6.01. The number of aryl methyl sites for hydroxylation is 1. The van der Waals surface area contributed by atoms with Crippen LogP contribution in [-0.2, 0) is 16.0 Å². The summed E-state index contributed by atoms with van der Waals surface area (Å²) in [6.07, 6.45) is 5.86. The fraction of sp³-hybridized carbons (Fsp3) is 0.343. The Morgan fingerprint density at radius 1 is 0.933 bits per heavy atom. The number of aromatic amines is 1. The van der Waals surface area contributed by atoms with E-state index in [4.69, 9.17) is 14.2 Å². The van der Waals surface area contributed by atoms with Crippen LogP contribution in [0.4, 0.5) is 11.4 Å². The number of methoxy groups -OCH3 is 3. The molecule has 1 atom stereocenters. The zero-order valence-corrected chi connectivity index (χ0v) is 26.2. The second-order valence-corrected chi connectivity index (χ2v) is 11.1. The van der Waals surface area contributed by atoms with Crippen molar-refractivity contribution in [3.63, 3.8) is 0 Å². The minimum atomic E-state index is -0.366. The van der Waals surface area contributed by atoms with Gasteiger partial charge in [0, 0.05) is 42.6 Å². The third-order valence-electron chi connectivity index (χ3n) is 8.18. The van der Waals surface area contributed by atoms with Crippen LogP contribution in [0.3, 0.4) is 0 Å². The van der Waals surface area contributed by atoms with E-state index in [1.807, 2.05) is 42.6 Å². The first-order chi connectivity index (χ1) is 21.8. The predicted molar refractivity (Wildman–Crippen MR) is 177 cm³/mol. The van der Waals surface area contributed by atoms with Gasteiger partial charge in [0.05, 0.1) is 38.7 Å². The molecule has 0 unspecified atom stereocenters. The molecule has 5 rings (SSSR count). The molecule has 0 saturated heterocycles. The Kier molecular flexibility index (Phi) is 9.92. The van der Waals surface area contributed by atoms with Crippen molar-refractivity contribution >= 4 is 34.1 Å². The van der Waals surface area contributed by atoms with E-state index in [2.05, 4.69) is 20.9 Å². The van der Waals surface area contributed by atoms with Gasteiger partial charge in [-0.25, -0.2) is 0 Å². The van der Waals surface area contributed by atoms with Crippen LogP contribution < -0.4 is 35.6 Å². The van der Waals surface area contributed by atoms with Crippen molar-refractivity contribution in [1.82, 2.24) is 10.3 Å². The van der Waals surface area contributed by atoms with Gasteiger partial charge in [0.1, 0.15) is 0 Å². The molecule has 0 fully saturated rings. The van der Waals surface area contributed by atoms with Crippen molar-refractivity contribution in [3.8, 4) is 28.4 Å². The van der Waals surface area contributed by atoms with E-state index in [0.29, 0.717) is 54.3 Å². The van der Waals surface area contributed by atoms with Crippen molar-refractivity contribution < 1.29 is 23.8 Å². The maximum atomic E-state index is 13.5. The summed E-state index contributed by atoms with van der Waals surface area (Å²) in [5.74, 6) is 1.33. The zero-order valence-electron chi connectivity index (χ0n) is 26.2. The number of rotatable bonds is 12. The van der Waals surface area contributed by atoms with Gasteiger partial charge in [0.15, 0.2) is 11.5 Å². The maximum Gasteiger partial charge on any atom is 0.224 e. The Morgan fingerprint density at radius 3 is 2.51 bits per heavy atom. The minimum absolute atomic E-state index is 0.0197. The molecule has 4 N–H and O–H groups in total. The lowest BCUT2D eigenvalue weighted by Crippen LogP contribution is -2.26. The van der Waals surface area contributed by atoms with Crippen molar-refractivity contribution in [1.29, 1.82) is 0 Å². The second kappa shape index (κ2) is 14.2. The van der Waals surface area contributed by atoms with Crippen LogP contribution in [0, 0.1) is 0 Å². The molecule has 10 heteroatoms. The Bertz CT molecular complexity index is 1770. The molecule has 4 aromatic rings. The number of fused-ring (bicyclic) bond motifs is 4. The van der Waals surface area contributed by atoms with Gasteiger partial charge in [-0.3, -0.25) is 14.4 Å². The number of aromatic nitrogens is 1. The van der Waals surface area contributed by atoms with E-state index in [0.717, 1.165) is 52.5 Å². The molecule has 0 bridgehead atoms. The van der Waals surface area contributed by atoms with E-state index in [9.17, 15) is 14.4 Å². The van der Waals surface area contributed by atoms with Crippen LogP contribution in [0.25, 0.3) is 22.0 Å². The first kappa shape index (κ1) is 31.4. The molecule has 1 aliphatic rings. The first-order valence-corrected chi connectivity index (χ1v) is 15.2. The van der Waals surface area contributed by atoms with Gasteiger partial charge in [0.25, 0.3) is 0 Å². The summed E-state index contributed by atoms with van der Waals surface area (Å²) in [5, 5.41) is 10.3. The molecular formula is C35H40N4O6. The van der Waals surface area contributed by atoms with Crippen LogP contribution in [0.15, 0.2) is 59.5 Å². The van der Waals surface area contributed by atoms with Crippen molar-refractivity contribution in [3.05, 3.63) is 76.1 Å². The number of anilines is 2. The Hall–Kier alpha value is -4.99. The van der Waals surface area contributed by atoms with Crippen molar-refractivity contribution in [2.75, 3.05) is 38.5 Å². The number of hydrogen-bond donors (Lipinski definition) is 4. The van der Waals surface area contributed by atoms with Gasteiger partial charge < -0.3 is 35.1 Å². The monoisotopic (exact) mass is 612 g/mol. The number of carbonyl (C=O) groups is 2. The molecule has 10 nitrogen and oxygen atoms in total. The first-order valence-electron chi connectivity index (χ1n) is 15.2. The molecule has 1 heterocycles. The van der Waals surface area contributed by atoms with Crippen molar-refractivity contribution in [2.24, 2.45) is 0 Å². The molecule has 3 aromatic carbocycles. The largest absolute Gasteiger partial charge is 0.493 e. The average molecular weight is 613 g/mol. The molecule has 1 aromatic heterocycles. The maximum absolute atomic E-state index is 13.5. The fourth-order valence-electron chi connectivity index (χ4n) is 6.07. The average Bonchev–Trinajstić information content (AvgIpc) is 3.40. The highest BCUT2D eigenvalue weighted by Crippen LogP contribution is 2.50. The number of nitrogens with one attached hydrogen (secondary N) is 4. The molecule has 236 valence electrons. The Balaban J connectivity index is 1.30. The number of H-pyrrole nitrogens is 1. The quantitative estimate of drug-likeness (QED) is 0.145. The highest BCUT2D eigenvalue weighted by Gasteiger charge is 2.29. The molecule has 0 saturated carbocycles. The third-order valence-corrected chi connectivity index (χ3v) is 8.18. The van der Waals surface area contributed by atoms with Crippen molar-refractivity contribution in [2.45, 2.75) is 51.5 Å². The number of amides is 2. The fourth-order valence-corrected chi connectivity index (χ4v) is 6.07. The molecule has 1 aliphatic carbocycles. The lowest BCUT2D eigenvalue weighted by molar-refractivity contribution is -0.119. The Morgan fingerprint density at radius 2 is 1.76 bits per heavy atom. The van der Waals surface area contributed by atoms with Gasteiger partial charge in [-0.05, 0) is 78.8 Å². The number of benzene rings is 2. The van der Waals surface area contributed by atoms with Crippen LogP contribution in [0.1, 0.15) is 56.2 Å². The highest BCUT2D eigenvalue weighted by atomic mass is 16.5. The number of carbonyl (C=O) groups excluding carboxylic acids is 2. The second-order valence-electron chi connectivity index (χ2n) is 11.1. The van der Waals surface area contributed by atoms with Gasteiger partial charge in [0.2, 0.25) is 23.0 Å². The summed E-state index contributed by atoms with van der Waals surface area (Å²) in [7, 11) is 4.72. The molecule has 2 amide bonds. The minimum Gasteiger partial charge on any atom is -0.493 e. The van der Waals surface area contributed by atoms with Crippen LogP contribution in [-0.4, -0.2) is 44.7 Å². The standard InChI is InChI=1S/C35H40N4O6/c1-21(40)38-28-14-12-22-19-31(43-2)34(44-3)35(45-4)33(22)23-13-15-29(30(41)20-25(23)28)36-17-7-5-6-11-32(42)39-27-10-8-9-26-24(27)16-18-37-26/h8-10,13,15-16,18-20,28,37H,5-7,11-12,14,17H2,1-4H3,(H,36,41)(H,38,40)(H,39,42)/t28-/m0/s1. The molecular weight excluding hydrogens is 572 g/mol. The number of ether oxygens (including phenoxy) is 3. The van der Waals surface area contributed by atoms with Crippen LogP contribution in [0.5, 0.6) is 17.2 Å². The number of unbranched alkanes of at least 4 members (excludes halogenated alkanes) is 2. The molecule has 45 heavy (non-hydrogen) atoms. The van der Waals surface area contributed by atoms with E-state index >= 15 is 0 Å². The van der Waals surface area contributed by atoms with Gasteiger partial charge in [-0.15, -0.1) is 0 Å². The zero-order chi connectivity index (χ0) is 31.9. The summed E-state index contributed by atoms with van der Waals surface area (Å²) in [6, 6.07) is 14.6. The summed E-state index contributed by atoms with van der Waals surface area (Å²) in [5.41, 5.74) is 5.36. The van der Waals surface area contributed by atoms with E-state index in [1.54, 1.807) is 33.5 Å². The topological polar surface area (TPSA) is 131 Å². The number of hydrogen-bond acceptors (Lipinski definition) is 7. The lowest BCUT2D eigenvalue weighted by Gasteiger charge is -2.19. The van der Waals surface area contributed by atoms with Gasteiger partial charge in [-0.1, -0.05) is 18.6 Å². The van der Waals surface area contributed by atoms with E-state index in [1.165, 1.54) is 6.92 Å². The summed E-state index contributed by atoms with van der Waals surface area (Å²) in [6.45, 7) is 2.05. The SMILES string of the molecule is COc1cc2c(c(OC)c1OC)-c1ccc(NCCCCCC(=O)Nc3cccc4[nH]ccc34)c(=O)cc1[C@@H](NC(C)=O)CC2. The lowest BCUT2D eigenvalue weighted by atomic mass is 9.95. The van der Waals surface area contributed by atoms with Crippen LogP contribution >= 0.6 is 0 Å². The summed E-state index contributed by atoms with van der Waals surface area (Å²) >= 11 is 0. The third kappa shape index (κ3) is 6.90. The normalized spacial score (nSPS) is 13.6. The molecule has 0 spiro atoms. The van der Waals surface area contributed by atoms with Crippen LogP contribution in [0.2, 0.25) is 0 Å². The van der Waals surface area contributed by atoms with Gasteiger partial charge in [-0.2, -0.15) is 0 Å². The van der Waals surface area contributed by atoms with E-state index < -0.39 is 0 Å². The molecule has 0 radical (unpaired) electrons. The Labute approximate surface area is 262 Å². The molecule has 0 aliphatic heterocycles. The van der Waals surface area contributed by atoms with E-state index in [-0.39, 0.29) is 23.3 Å². The van der Waals surface area contributed by atoms with Gasteiger partial charge >= 0.3 is 0 Å². The predicted octanol–water partition coefficient (Wildman–Crippen LogP) is 5.96. The summed E-state index contributed by atoms with van der Waals surface area (Å²) < 4.78 is 17.1.